The van der Waals surface area contributed by atoms with Crippen LogP contribution < -0.4 is 5.32 Å². The van der Waals surface area contributed by atoms with Crippen LogP contribution in [0.25, 0.3) is 0 Å². The molecule has 0 saturated carbocycles. The van der Waals surface area contributed by atoms with Crippen LogP contribution in [0.1, 0.15) is 62.4 Å². The maximum atomic E-state index is 12.9. The maximum absolute atomic E-state index is 12.9. The summed E-state index contributed by atoms with van der Waals surface area (Å²) < 4.78 is 0. The number of likely N-dealkylation sites (tertiary alicyclic amines) is 2. The molecule has 0 spiro atoms. The van der Waals surface area contributed by atoms with E-state index in [1.54, 1.807) is 0 Å². The van der Waals surface area contributed by atoms with Crippen molar-refractivity contribution in [2.75, 3.05) is 32.7 Å². The highest BCUT2D eigenvalue weighted by molar-refractivity contribution is 5.94. The Kier molecular flexibility index (Phi) is 6.99. The number of aryl methyl sites for hydroxylation is 1. The Labute approximate surface area is 175 Å². The molecular weight excluding hydrogens is 362 g/mol. The molecule has 2 unspecified atom stereocenters. The summed E-state index contributed by atoms with van der Waals surface area (Å²) in [6, 6.07) is 7.68. The number of amides is 2. The van der Waals surface area contributed by atoms with Crippen molar-refractivity contribution in [3.63, 3.8) is 0 Å². The third kappa shape index (κ3) is 5.59. The van der Waals surface area contributed by atoms with Gasteiger partial charge < -0.3 is 10.2 Å². The van der Waals surface area contributed by atoms with Crippen LogP contribution in [0.3, 0.4) is 0 Å². The van der Waals surface area contributed by atoms with Gasteiger partial charge in [-0.1, -0.05) is 24.6 Å². The number of carbonyl (C=O) groups excluding carboxylic acids is 2. The van der Waals surface area contributed by atoms with Crippen LogP contribution in [0.4, 0.5) is 0 Å². The van der Waals surface area contributed by atoms with Gasteiger partial charge in [-0.2, -0.15) is 0 Å². The van der Waals surface area contributed by atoms with Crippen LogP contribution in [0.15, 0.2) is 24.3 Å². The van der Waals surface area contributed by atoms with E-state index in [1.807, 2.05) is 36.1 Å². The van der Waals surface area contributed by atoms with Gasteiger partial charge in [0.25, 0.3) is 5.91 Å². The second-order valence-electron chi connectivity index (χ2n) is 9.68. The summed E-state index contributed by atoms with van der Waals surface area (Å²) in [5.41, 5.74) is 1.80. The summed E-state index contributed by atoms with van der Waals surface area (Å²) >= 11 is 0. The Morgan fingerprint density at radius 2 is 1.76 bits per heavy atom. The second-order valence-corrected chi connectivity index (χ2v) is 9.68. The summed E-state index contributed by atoms with van der Waals surface area (Å²) in [6.07, 6.45) is 4.26. The fourth-order valence-electron chi connectivity index (χ4n) is 4.55. The lowest BCUT2D eigenvalue weighted by Crippen LogP contribution is -2.56. The summed E-state index contributed by atoms with van der Waals surface area (Å²) in [6.45, 7) is 12.9. The largest absolute Gasteiger partial charge is 0.354 e. The highest BCUT2D eigenvalue weighted by Gasteiger charge is 2.33. The van der Waals surface area contributed by atoms with Gasteiger partial charge in [0.2, 0.25) is 5.91 Å². The standard InChI is InChI=1S/C24H37N3O2/c1-18-9-11-20(12-10-18)23(29)26-13-6-8-21(16-26)22(28)25-17-24(3,4)27-14-5-7-19(2)15-27/h9-12,19,21H,5-8,13-17H2,1-4H3,(H,25,28). The quantitative estimate of drug-likeness (QED) is 0.825. The highest BCUT2D eigenvalue weighted by Crippen LogP contribution is 2.24. The van der Waals surface area contributed by atoms with Crippen molar-refractivity contribution in [2.24, 2.45) is 11.8 Å². The van der Waals surface area contributed by atoms with Crippen LogP contribution in [-0.4, -0.2) is 59.9 Å². The summed E-state index contributed by atoms with van der Waals surface area (Å²) in [7, 11) is 0. The number of nitrogens with zero attached hydrogens (tertiary/aromatic N) is 2. The first-order valence-corrected chi connectivity index (χ1v) is 11.1. The molecule has 5 heteroatoms. The van der Waals surface area contributed by atoms with E-state index in [0.29, 0.717) is 18.7 Å². The molecule has 2 heterocycles. The van der Waals surface area contributed by atoms with Crippen LogP contribution in [-0.2, 0) is 4.79 Å². The third-order valence-electron chi connectivity index (χ3n) is 6.59. The van der Waals surface area contributed by atoms with Crippen molar-refractivity contribution in [2.45, 2.75) is 58.9 Å². The summed E-state index contributed by atoms with van der Waals surface area (Å²) in [5.74, 6) is 0.724. The molecular formula is C24H37N3O2. The molecule has 0 aromatic heterocycles. The van der Waals surface area contributed by atoms with E-state index in [2.05, 4.69) is 31.0 Å². The number of carbonyl (C=O) groups is 2. The minimum Gasteiger partial charge on any atom is -0.354 e. The predicted octanol–water partition coefficient (Wildman–Crippen LogP) is 3.47. The topological polar surface area (TPSA) is 52.7 Å². The van der Waals surface area contributed by atoms with E-state index in [0.717, 1.165) is 44.0 Å². The molecule has 2 fully saturated rings. The normalized spacial score (nSPS) is 23.7. The van der Waals surface area contributed by atoms with E-state index in [4.69, 9.17) is 0 Å². The highest BCUT2D eigenvalue weighted by atomic mass is 16.2. The van der Waals surface area contributed by atoms with E-state index >= 15 is 0 Å². The fraction of sp³-hybridized carbons (Fsp3) is 0.667. The molecule has 2 aliphatic rings. The van der Waals surface area contributed by atoms with Gasteiger partial charge in [-0.15, -0.1) is 0 Å². The molecule has 29 heavy (non-hydrogen) atoms. The molecule has 2 aliphatic heterocycles. The Morgan fingerprint density at radius 3 is 2.45 bits per heavy atom. The third-order valence-corrected chi connectivity index (χ3v) is 6.59. The van der Waals surface area contributed by atoms with Gasteiger partial charge in [0, 0.05) is 37.3 Å². The predicted molar refractivity (Wildman–Crippen MR) is 117 cm³/mol. The van der Waals surface area contributed by atoms with E-state index in [-0.39, 0.29) is 23.3 Å². The van der Waals surface area contributed by atoms with E-state index < -0.39 is 0 Å². The molecule has 0 radical (unpaired) electrons. The van der Waals surface area contributed by atoms with E-state index in [1.165, 1.54) is 12.8 Å². The molecule has 2 saturated heterocycles. The molecule has 2 amide bonds. The number of benzene rings is 1. The minimum absolute atomic E-state index is 0.0325. The van der Waals surface area contributed by atoms with Crippen molar-refractivity contribution >= 4 is 11.8 Å². The molecule has 1 aromatic rings. The molecule has 0 aliphatic carbocycles. The fourth-order valence-corrected chi connectivity index (χ4v) is 4.55. The average molecular weight is 400 g/mol. The zero-order valence-corrected chi connectivity index (χ0v) is 18.5. The molecule has 3 rings (SSSR count). The van der Waals surface area contributed by atoms with Gasteiger partial charge in [-0.25, -0.2) is 0 Å². The van der Waals surface area contributed by atoms with Gasteiger partial charge in [-0.05, 0) is 71.0 Å². The minimum atomic E-state index is -0.116. The lowest BCUT2D eigenvalue weighted by atomic mass is 9.92. The number of rotatable bonds is 5. The zero-order chi connectivity index (χ0) is 21.0. The van der Waals surface area contributed by atoms with Gasteiger partial charge in [-0.3, -0.25) is 14.5 Å². The Bertz CT molecular complexity index is 713. The number of hydrogen-bond donors (Lipinski definition) is 1. The monoisotopic (exact) mass is 399 g/mol. The second kappa shape index (κ2) is 9.29. The zero-order valence-electron chi connectivity index (χ0n) is 18.5. The summed E-state index contributed by atoms with van der Waals surface area (Å²) in [4.78, 5) is 30.0. The van der Waals surface area contributed by atoms with Crippen LogP contribution >= 0.6 is 0 Å². The average Bonchev–Trinajstić information content (AvgIpc) is 2.72. The molecule has 0 bridgehead atoms. The van der Waals surface area contributed by atoms with Gasteiger partial charge in [0.1, 0.15) is 0 Å². The first-order valence-electron chi connectivity index (χ1n) is 11.1. The van der Waals surface area contributed by atoms with E-state index in [9.17, 15) is 9.59 Å². The maximum Gasteiger partial charge on any atom is 0.253 e. The molecule has 5 nitrogen and oxygen atoms in total. The SMILES string of the molecule is Cc1ccc(C(=O)N2CCCC(C(=O)NCC(C)(C)N3CCCC(C)C3)C2)cc1. The first-order chi connectivity index (χ1) is 13.8. The smallest absolute Gasteiger partial charge is 0.253 e. The first kappa shape index (κ1) is 21.8. The molecule has 1 N–H and O–H groups in total. The van der Waals surface area contributed by atoms with Crippen molar-refractivity contribution in [3.05, 3.63) is 35.4 Å². The van der Waals surface area contributed by atoms with Crippen molar-refractivity contribution < 1.29 is 9.59 Å². The summed E-state index contributed by atoms with van der Waals surface area (Å²) in [5, 5.41) is 3.19. The molecule has 160 valence electrons. The van der Waals surface area contributed by atoms with Crippen molar-refractivity contribution in [3.8, 4) is 0 Å². The van der Waals surface area contributed by atoms with Crippen LogP contribution in [0.2, 0.25) is 0 Å². The van der Waals surface area contributed by atoms with Gasteiger partial charge in [0.15, 0.2) is 0 Å². The Morgan fingerprint density at radius 1 is 1.07 bits per heavy atom. The van der Waals surface area contributed by atoms with Gasteiger partial charge in [0.05, 0.1) is 5.92 Å². The van der Waals surface area contributed by atoms with Crippen LogP contribution in [0.5, 0.6) is 0 Å². The van der Waals surface area contributed by atoms with Gasteiger partial charge >= 0.3 is 0 Å². The Hall–Kier alpha value is -1.88. The Balaban J connectivity index is 1.54. The lowest BCUT2D eigenvalue weighted by Gasteiger charge is -2.43. The molecule has 2 atom stereocenters. The molecule has 1 aromatic carbocycles. The number of nitrogens with one attached hydrogen (secondary N) is 1. The lowest BCUT2D eigenvalue weighted by molar-refractivity contribution is -0.127. The van der Waals surface area contributed by atoms with Crippen LogP contribution in [0, 0.1) is 18.8 Å². The van der Waals surface area contributed by atoms with Crippen molar-refractivity contribution in [1.82, 2.24) is 15.1 Å². The number of hydrogen-bond acceptors (Lipinski definition) is 3. The van der Waals surface area contributed by atoms with Crippen molar-refractivity contribution in [1.29, 1.82) is 0 Å². The number of piperidine rings is 2.